The summed E-state index contributed by atoms with van der Waals surface area (Å²) in [6.07, 6.45) is -5.75. The largest absolute Gasteiger partial charge is 0.480 e. The van der Waals surface area contributed by atoms with Crippen LogP contribution in [0.3, 0.4) is 0 Å². The number of carboxylic acids is 1. The summed E-state index contributed by atoms with van der Waals surface area (Å²) in [6, 6.07) is -2.95. The number of nitrogens with one attached hydrogen (secondary N) is 10. The lowest BCUT2D eigenvalue weighted by Crippen LogP contribution is -2.64. The quantitative estimate of drug-likeness (QED) is 0.0440. The van der Waals surface area contributed by atoms with Crippen molar-refractivity contribution in [1.29, 1.82) is 0 Å². The first-order valence-electron chi connectivity index (χ1n) is 29.4. The van der Waals surface area contributed by atoms with E-state index in [4.69, 9.17) is 10.5 Å². The molecule has 10 amide bonds. The van der Waals surface area contributed by atoms with Gasteiger partial charge in [-0.05, 0) is 63.3 Å². The van der Waals surface area contributed by atoms with Crippen LogP contribution in [0, 0.1) is 5.92 Å². The first-order chi connectivity index (χ1) is 43.0. The molecule has 3 aliphatic rings. The van der Waals surface area contributed by atoms with Crippen LogP contribution in [0.4, 0.5) is 0 Å². The molecule has 32 nitrogen and oxygen atoms in total. The predicted octanol–water partition coefficient (Wildman–Crippen LogP) is -4.98. The number of hydrogen-bond acceptors (Lipinski definition) is 19. The Morgan fingerprint density at radius 1 is 0.736 bits per heavy atom. The summed E-state index contributed by atoms with van der Waals surface area (Å²) in [4.78, 5) is 176. The Morgan fingerprint density at radius 3 is 1.97 bits per heavy atom. The molecule has 0 unspecified atom stereocenters. The van der Waals surface area contributed by atoms with Gasteiger partial charge >= 0.3 is 11.9 Å². The molecular weight excluding hydrogens is 1190 g/mol. The van der Waals surface area contributed by atoms with Gasteiger partial charge in [-0.25, -0.2) is 4.79 Å². The maximum atomic E-state index is 15.3. The zero-order chi connectivity index (χ0) is 66.9. The van der Waals surface area contributed by atoms with E-state index >= 15 is 14.4 Å². The van der Waals surface area contributed by atoms with Crippen LogP contribution >= 0.6 is 0 Å². The van der Waals surface area contributed by atoms with Crippen molar-refractivity contribution in [2.75, 3.05) is 26.2 Å². The number of cyclic esters (lactones) is 1. The van der Waals surface area contributed by atoms with Gasteiger partial charge in [0.2, 0.25) is 53.2 Å². The molecule has 18 N–H and O–H groups in total. The Hall–Kier alpha value is -9.34. The van der Waals surface area contributed by atoms with Crippen molar-refractivity contribution in [3.63, 3.8) is 0 Å². The van der Waals surface area contributed by atoms with E-state index < -0.39 is 200 Å². The van der Waals surface area contributed by atoms with E-state index in [1.807, 2.05) is 0 Å². The average Bonchev–Trinajstić information content (AvgIpc) is 2.13. The summed E-state index contributed by atoms with van der Waals surface area (Å²) in [6.45, 7) is 5.13. The van der Waals surface area contributed by atoms with Crippen molar-refractivity contribution in [3.8, 4) is 0 Å². The normalized spacial score (nSPS) is 27.0. The summed E-state index contributed by atoms with van der Waals surface area (Å²) in [5.41, 5.74) is 7.01. The number of aliphatic carboxylic acids is 1. The van der Waals surface area contributed by atoms with Crippen LogP contribution in [0.2, 0.25) is 0 Å². The van der Waals surface area contributed by atoms with Crippen LogP contribution in [0.1, 0.15) is 77.8 Å². The second kappa shape index (κ2) is 30.0. The molecule has 2 aromatic carbocycles. The van der Waals surface area contributed by atoms with Crippen molar-refractivity contribution in [3.05, 3.63) is 77.7 Å². The number of H-pyrrole nitrogens is 2. The Balaban J connectivity index is 1.31. The topological polar surface area (TPSA) is 496 Å². The van der Waals surface area contributed by atoms with E-state index in [0.29, 0.717) is 32.9 Å². The lowest BCUT2D eigenvalue weighted by atomic mass is 9.91. The second-order valence-electron chi connectivity index (χ2n) is 23.1. The van der Waals surface area contributed by atoms with Crippen LogP contribution in [-0.2, 0) is 62.3 Å². The van der Waals surface area contributed by atoms with Gasteiger partial charge in [-0.15, -0.1) is 0 Å². The van der Waals surface area contributed by atoms with Gasteiger partial charge in [-0.1, -0.05) is 57.2 Å². The van der Waals surface area contributed by atoms with Gasteiger partial charge in [0.25, 0.3) is 5.91 Å². The molecule has 5 heterocycles. The van der Waals surface area contributed by atoms with E-state index in [0.717, 1.165) is 30.6 Å². The van der Waals surface area contributed by atoms with Gasteiger partial charge in [0.05, 0.1) is 44.0 Å². The number of amides is 10. The van der Waals surface area contributed by atoms with Crippen molar-refractivity contribution >= 4 is 98.9 Å². The third-order valence-corrected chi connectivity index (χ3v) is 16.2. The highest BCUT2D eigenvalue weighted by molar-refractivity contribution is 6.07. The number of nitrogens with two attached hydrogens (primary N) is 1. The molecule has 4 aromatic rings. The molecule has 15 atom stereocenters. The van der Waals surface area contributed by atoms with Crippen LogP contribution in [-0.4, -0.2) is 233 Å². The van der Waals surface area contributed by atoms with Crippen molar-refractivity contribution < 1.29 is 92.9 Å². The molecule has 2 aromatic heterocycles. The molecule has 0 spiro atoms. The lowest BCUT2D eigenvalue weighted by molar-refractivity contribution is -0.164. The number of benzene rings is 2. The van der Waals surface area contributed by atoms with E-state index in [-0.39, 0.29) is 19.4 Å². The number of para-hydroxylation sites is 2. The van der Waals surface area contributed by atoms with Crippen LogP contribution in [0.25, 0.3) is 27.9 Å². The summed E-state index contributed by atoms with van der Waals surface area (Å²) in [5.74, 6) is -16.5. The average molecular weight is 1270 g/mol. The molecule has 0 radical (unpaired) electrons. The number of aromatic nitrogens is 2. The van der Waals surface area contributed by atoms with Crippen molar-refractivity contribution in [1.82, 2.24) is 62.3 Å². The minimum atomic E-state index is -2.19. The number of nitrogens with zero attached hydrogens (tertiary/aromatic N) is 2. The number of rotatable bonds is 13. The van der Waals surface area contributed by atoms with Gasteiger partial charge in [0, 0.05) is 58.8 Å². The summed E-state index contributed by atoms with van der Waals surface area (Å²) in [5, 5.41) is 85.0. The molecule has 0 aliphatic carbocycles. The Kier molecular flexibility index (Phi) is 22.8. The molecule has 3 aliphatic heterocycles. The Labute approximate surface area is 519 Å². The number of esters is 1. The molecule has 492 valence electrons. The van der Waals surface area contributed by atoms with Gasteiger partial charge in [0.1, 0.15) is 60.1 Å². The van der Waals surface area contributed by atoms with E-state index in [1.54, 1.807) is 61.7 Å². The lowest BCUT2D eigenvalue weighted by Gasteiger charge is -2.35. The fraction of sp³-hybridized carbons (Fsp3) is 0.492. The number of aromatic amines is 2. The molecule has 3 saturated heterocycles. The van der Waals surface area contributed by atoms with E-state index in [9.17, 15) is 73.8 Å². The molecule has 7 rings (SSSR count). The van der Waals surface area contributed by atoms with Crippen LogP contribution < -0.4 is 48.3 Å². The highest BCUT2D eigenvalue weighted by atomic mass is 16.5. The van der Waals surface area contributed by atoms with Crippen LogP contribution in [0.5, 0.6) is 0 Å². The number of hydrogen-bond donors (Lipinski definition) is 17. The SMILES string of the molecule is CC(C)[C@H](O)[C@@H]1NC(=O)[C@H]([C@@H](C)c2c[nH]c3ccccc23)NC(=O)/C(=C/c2c[nH]c3ccccc23)NC(=O)[C@@H]2[C@@H](O)CCN2C(=O)CNC(=O)[C@H](C)NC(=O)[C@H]([C@H](C)O)NC(=O)[C@@H](NC(=O)[C@H](CO)NC(=O)C[C@H](N)C(=O)O)[C@@H](C)OC(=O)[C@@H]2[C@H](O)CCN2C1=O. The van der Waals surface area contributed by atoms with Crippen molar-refractivity contribution in [2.45, 2.75) is 152 Å². The number of aliphatic hydroxyl groups excluding tert-OH is 5. The Morgan fingerprint density at radius 2 is 1.33 bits per heavy atom. The van der Waals surface area contributed by atoms with Gasteiger partial charge < -0.3 is 103 Å². The van der Waals surface area contributed by atoms with E-state index in [1.165, 1.54) is 26.1 Å². The minimum Gasteiger partial charge on any atom is -0.480 e. The van der Waals surface area contributed by atoms with Crippen LogP contribution in [0.15, 0.2) is 66.6 Å². The standard InChI is InChI=1S/C59H77N13O19/c1-25(2)49(79)46-57(87)72-18-16-40(76)48(72)59(90)91-29(6)45(69-52(82)38(24-73)65-41(77)20-34(60)58(88)89)55(85)68-44(28(5)74)54(84)64-27(4)50(80)63-23-42(78)71-17-15-39(75)47(71)56(86)66-37(19-30-21-61-35-13-9-7-11-31(30)35)51(81)67-43(53(83)70-46)26(3)33-22-62-36-14-10-8-12-32(33)36/h7-14,19,21-22,25-29,34,38-40,43-49,61-62,73-76,79H,15-18,20,23-24,60H2,1-6H3,(H,63,80)(H,64,84)(H,65,77)(H,66,86)(H,67,81)(H,68,85)(H,69,82)(H,70,83)(H,88,89)/b37-19-/t26-,27-,28-,29+,34-,38-,39-,40+,43-,44-,45-,46-,47-,48-,49-/m0/s1. The predicted molar refractivity (Wildman–Crippen MR) is 319 cm³/mol. The monoisotopic (exact) mass is 1270 g/mol. The van der Waals surface area contributed by atoms with E-state index in [2.05, 4.69) is 52.5 Å². The minimum absolute atomic E-state index is 0.153. The zero-order valence-electron chi connectivity index (χ0n) is 50.5. The molecule has 91 heavy (non-hydrogen) atoms. The number of aliphatic hydroxyl groups is 5. The number of carbonyl (C=O) groups excluding carboxylic acids is 11. The number of carbonyl (C=O) groups is 12. The summed E-state index contributed by atoms with van der Waals surface area (Å²) in [7, 11) is 0. The van der Waals surface area contributed by atoms with Gasteiger partial charge in [0.15, 0.2) is 6.04 Å². The molecular formula is C59H77N13O19. The van der Waals surface area contributed by atoms with Gasteiger partial charge in [-0.2, -0.15) is 0 Å². The third kappa shape index (κ3) is 16.2. The first kappa shape index (κ1) is 69.1. The molecule has 0 bridgehead atoms. The fourth-order valence-electron chi connectivity index (χ4n) is 10.9. The highest BCUT2D eigenvalue weighted by Gasteiger charge is 2.49. The van der Waals surface area contributed by atoms with Gasteiger partial charge in [-0.3, -0.25) is 52.7 Å². The highest BCUT2D eigenvalue weighted by Crippen LogP contribution is 2.30. The smallest absolute Gasteiger partial charge is 0.331 e. The molecule has 32 heteroatoms. The molecule has 0 saturated carbocycles. The second-order valence-corrected chi connectivity index (χ2v) is 23.1. The zero-order valence-corrected chi connectivity index (χ0v) is 50.5. The maximum absolute atomic E-state index is 15.3. The number of carboxylic acid groups (broad SMARTS) is 1. The maximum Gasteiger partial charge on any atom is 0.331 e. The number of ether oxygens (including phenoxy) is 1. The Bertz CT molecular complexity index is 3460. The first-order valence-corrected chi connectivity index (χ1v) is 29.4. The summed E-state index contributed by atoms with van der Waals surface area (Å²) < 4.78 is 5.70. The summed E-state index contributed by atoms with van der Waals surface area (Å²) >= 11 is 0. The third-order valence-electron chi connectivity index (χ3n) is 16.2. The fourth-order valence-corrected chi connectivity index (χ4v) is 10.9. The molecule has 3 fully saturated rings. The van der Waals surface area contributed by atoms with Crippen molar-refractivity contribution in [2.24, 2.45) is 11.7 Å². The number of fused-ring (bicyclic) bond motifs is 4.